The molecule has 5 nitrogen and oxygen atoms in total. The summed E-state index contributed by atoms with van der Waals surface area (Å²) in [6.07, 6.45) is 2.42. The van der Waals surface area contributed by atoms with Crippen molar-refractivity contribution in [2.24, 2.45) is 0 Å². The van der Waals surface area contributed by atoms with Crippen LogP contribution in [0.5, 0.6) is 0 Å². The Morgan fingerprint density at radius 1 is 1.44 bits per heavy atom. The number of aryl methyl sites for hydroxylation is 1. The highest BCUT2D eigenvalue weighted by molar-refractivity contribution is 7.15. The van der Waals surface area contributed by atoms with Crippen LogP contribution in [0.1, 0.15) is 24.8 Å². The predicted octanol–water partition coefficient (Wildman–Crippen LogP) is 1.46. The Hall–Kier alpha value is -0.720. The summed E-state index contributed by atoms with van der Waals surface area (Å²) < 4.78 is 0. The monoisotopic (exact) mass is 264 g/mol. The van der Waals surface area contributed by atoms with E-state index in [0.717, 1.165) is 17.8 Å². The van der Waals surface area contributed by atoms with Crippen molar-refractivity contribution in [2.75, 3.05) is 18.9 Å². The lowest BCUT2D eigenvalue weighted by Gasteiger charge is -1.99. The van der Waals surface area contributed by atoms with Gasteiger partial charge in [-0.25, -0.2) is 0 Å². The van der Waals surface area contributed by atoms with Gasteiger partial charge in [0.2, 0.25) is 11.0 Å². The van der Waals surface area contributed by atoms with Crippen LogP contribution >= 0.6 is 23.7 Å². The van der Waals surface area contributed by atoms with Crippen LogP contribution in [0.2, 0.25) is 0 Å². The van der Waals surface area contributed by atoms with Gasteiger partial charge in [-0.1, -0.05) is 18.3 Å². The van der Waals surface area contributed by atoms with Gasteiger partial charge >= 0.3 is 0 Å². The minimum absolute atomic E-state index is 0. The number of rotatable bonds is 6. The minimum Gasteiger partial charge on any atom is -0.319 e. The van der Waals surface area contributed by atoms with Gasteiger partial charge in [-0.15, -0.1) is 22.6 Å². The second kappa shape index (κ2) is 8.43. The number of nitrogens with zero attached hydrogens (tertiary/aromatic N) is 2. The van der Waals surface area contributed by atoms with E-state index >= 15 is 0 Å². The number of nitrogens with one attached hydrogen (secondary N) is 2. The summed E-state index contributed by atoms with van der Waals surface area (Å²) in [4.78, 5) is 11.3. The SMILES string of the molecule is CCCc1nnc(NC(=O)CCNC)s1.Cl. The van der Waals surface area contributed by atoms with Crippen LogP contribution in [0, 0.1) is 0 Å². The molecule has 7 heteroatoms. The fraction of sp³-hybridized carbons (Fsp3) is 0.667. The van der Waals surface area contributed by atoms with Gasteiger partial charge in [-0.3, -0.25) is 4.79 Å². The van der Waals surface area contributed by atoms with Crippen molar-refractivity contribution in [3.05, 3.63) is 5.01 Å². The summed E-state index contributed by atoms with van der Waals surface area (Å²) in [6.45, 7) is 2.76. The first kappa shape index (κ1) is 15.3. The highest BCUT2D eigenvalue weighted by Gasteiger charge is 2.06. The van der Waals surface area contributed by atoms with Crippen molar-refractivity contribution in [2.45, 2.75) is 26.2 Å². The average molecular weight is 265 g/mol. The first-order valence-corrected chi connectivity index (χ1v) is 5.84. The summed E-state index contributed by atoms with van der Waals surface area (Å²) in [5.41, 5.74) is 0. The Morgan fingerprint density at radius 2 is 2.19 bits per heavy atom. The summed E-state index contributed by atoms with van der Waals surface area (Å²) in [6, 6.07) is 0. The number of aromatic nitrogens is 2. The number of hydrogen-bond donors (Lipinski definition) is 2. The molecule has 0 radical (unpaired) electrons. The van der Waals surface area contributed by atoms with Crippen molar-refractivity contribution in [1.29, 1.82) is 0 Å². The van der Waals surface area contributed by atoms with Crippen LogP contribution in [-0.2, 0) is 11.2 Å². The van der Waals surface area contributed by atoms with Crippen LogP contribution in [0.15, 0.2) is 0 Å². The molecule has 0 aliphatic rings. The van der Waals surface area contributed by atoms with E-state index in [-0.39, 0.29) is 18.3 Å². The lowest BCUT2D eigenvalue weighted by molar-refractivity contribution is -0.116. The Balaban J connectivity index is 0.00000225. The van der Waals surface area contributed by atoms with Gasteiger partial charge in [-0.2, -0.15) is 0 Å². The van der Waals surface area contributed by atoms with Gasteiger partial charge in [0.25, 0.3) is 0 Å². The predicted molar refractivity (Wildman–Crippen MR) is 68.3 cm³/mol. The molecule has 1 rings (SSSR count). The molecule has 0 aliphatic heterocycles. The van der Waals surface area contributed by atoms with E-state index in [9.17, 15) is 4.79 Å². The van der Waals surface area contributed by atoms with Gasteiger partial charge in [0.15, 0.2) is 0 Å². The van der Waals surface area contributed by atoms with Crippen LogP contribution in [0.25, 0.3) is 0 Å². The number of halogens is 1. The van der Waals surface area contributed by atoms with Gasteiger partial charge in [-0.05, 0) is 13.5 Å². The lowest BCUT2D eigenvalue weighted by atomic mass is 10.4. The minimum atomic E-state index is -0.0245. The van der Waals surface area contributed by atoms with E-state index in [0.29, 0.717) is 18.1 Å². The maximum Gasteiger partial charge on any atom is 0.227 e. The Kier molecular flexibility index (Phi) is 8.05. The molecule has 0 saturated carbocycles. The standard InChI is InChI=1S/C9H16N4OS.ClH/c1-3-4-8-12-13-9(15-8)11-7(14)5-6-10-2;/h10H,3-6H2,1-2H3,(H,11,13,14);1H. The molecule has 0 atom stereocenters. The molecule has 16 heavy (non-hydrogen) atoms. The van der Waals surface area contributed by atoms with Gasteiger partial charge in [0, 0.05) is 19.4 Å². The highest BCUT2D eigenvalue weighted by atomic mass is 35.5. The first-order valence-electron chi connectivity index (χ1n) is 5.03. The van der Waals surface area contributed by atoms with Crippen LogP contribution in [-0.4, -0.2) is 29.7 Å². The third-order valence-corrected chi connectivity index (χ3v) is 2.68. The maximum atomic E-state index is 11.3. The molecule has 0 spiro atoms. The molecule has 0 unspecified atom stereocenters. The second-order valence-electron chi connectivity index (χ2n) is 3.15. The molecule has 1 aromatic rings. The average Bonchev–Trinajstić information content (AvgIpc) is 2.63. The van der Waals surface area contributed by atoms with E-state index in [2.05, 4.69) is 27.8 Å². The molecule has 1 aromatic heterocycles. The van der Waals surface area contributed by atoms with Gasteiger partial charge in [0.1, 0.15) is 5.01 Å². The maximum absolute atomic E-state index is 11.3. The van der Waals surface area contributed by atoms with Crippen LogP contribution in [0.4, 0.5) is 5.13 Å². The van der Waals surface area contributed by atoms with E-state index in [4.69, 9.17) is 0 Å². The van der Waals surface area contributed by atoms with Crippen molar-refractivity contribution < 1.29 is 4.79 Å². The summed E-state index contributed by atoms with van der Waals surface area (Å²) in [5.74, 6) is -0.0245. The quantitative estimate of drug-likeness (QED) is 0.816. The van der Waals surface area contributed by atoms with Crippen molar-refractivity contribution in [1.82, 2.24) is 15.5 Å². The zero-order valence-corrected chi connectivity index (χ0v) is 11.1. The zero-order chi connectivity index (χ0) is 11.1. The molecular weight excluding hydrogens is 248 g/mol. The fourth-order valence-corrected chi connectivity index (χ4v) is 1.90. The van der Waals surface area contributed by atoms with Gasteiger partial charge in [0.05, 0.1) is 0 Å². The number of carbonyl (C=O) groups is 1. The molecule has 0 bridgehead atoms. The normalized spacial score (nSPS) is 9.62. The topological polar surface area (TPSA) is 66.9 Å². The number of amides is 1. The zero-order valence-electron chi connectivity index (χ0n) is 9.45. The molecular formula is C9H17ClN4OS. The molecule has 0 saturated heterocycles. The lowest BCUT2D eigenvalue weighted by Crippen LogP contribution is -2.18. The van der Waals surface area contributed by atoms with E-state index < -0.39 is 0 Å². The van der Waals surface area contributed by atoms with E-state index in [1.165, 1.54) is 11.3 Å². The van der Waals surface area contributed by atoms with Crippen molar-refractivity contribution in [3.63, 3.8) is 0 Å². The van der Waals surface area contributed by atoms with E-state index in [1.54, 1.807) is 0 Å². The number of hydrogen-bond acceptors (Lipinski definition) is 5. The van der Waals surface area contributed by atoms with Gasteiger partial charge < -0.3 is 10.6 Å². The molecule has 0 aromatic carbocycles. The first-order chi connectivity index (χ1) is 7.26. The Labute approximate surface area is 105 Å². The number of anilines is 1. The second-order valence-corrected chi connectivity index (χ2v) is 4.21. The number of carbonyl (C=O) groups excluding carboxylic acids is 1. The summed E-state index contributed by atoms with van der Waals surface area (Å²) >= 11 is 1.44. The summed E-state index contributed by atoms with van der Waals surface area (Å²) in [7, 11) is 1.82. The Bertz CT molecular complexity index is 318. The summed E-state index contributed by atoms with van der Waals surface area (Å²) in [5, 5.41) is 15.1. The molecule has 1 amide bonds. The molecule has 2 N–H and O–H groups in total. The molecule has 0 fully saturated rings. The smallest absolute Gasteiger partial charge is 0.227 e. The highest BCUT2D eigenvalue weighted by Crippen LogP contribution is 2.16. The molecule has 0 aliphatic carbocycles. The van der Waals surface area contributed by atoms with E-state index in [1.807, 2.05) is 7.05 Å². The van der Waals surface area contributed by atoms with Crippen LogP contribution in [0.3, 0.4) is 0 Å². The molecule has 1 heterocycles. The largest absolute Gasteiger partial charge is 0.319 e. The van der Waals surface area contributed by atoms with Crippen molar-refractivity contribution in [3.8, 4) is 0 Å². The Morgan fingerprint density at radius 3 is 2.81 bits per heavy atom. The molecule has 92 valence electrons. The van der Waals surface area contributed by atoms with Crippen molar-refractivity contribution >= 4 is 34.8 Å². The third kappa shape index (κ3) is 5.39. The van der Waals surface area contributed by atoms with Crippen LogP contribution < -0.4 is 10.6 Å². The third-order valence-electron chi connectivity index (χ3n) is 1.78. The fourth-order valence-electron chi connectivity index (χ4n) is 1.04.